The maximum atomic E-state index is 9.20. The molecule has 70 valence electrons. The van der Waals surface area contributed by atoms with E-state index in [0.717, 1.165) is 6.61 Å². The van der Waals surface area contributed by atoms with Crippen molar-refractivity contribution in [1.82, 2.24) is 0 Å². The molecule has 0 aromatic heterocycles. The van der Waals surface area contributed by atoms with Gasteiger partial charge in [0.1, 0.15) is 0 Å². The van der Waals surface area contributed by atoms with E-state index in [4.69, 9.17) is 4.74 Å². The second-order valence-electron chi connectivity index (χ2n) is 4.30. The lowest BCUT2D eigenvalue weighted by Gasteiger charge is -2.33. The third-order valence-corrected chi connectivity index (χ3v) is 3.50. The molecule has 2 aliphatic rings. The molecule has 2 fully saturated rings. The predicted octanol–water partition coefficient (Wildman–Crippen LogP) is 1.43. The van der Waals surface area contributed by atoms with E-state index in [-0.39, 0.29) is 0 Å². The maximum Gasteiger partial charge on any atom is 0.0610 e. The molecule has 2 rings (SSSR count). The van der Waals surface area contributed by atoms with E-state index >= 15 is 0 Å². The highest BCUT2D eigenvalue weighted by Gasteiger charge is 2.41. The van der Waals surface area contributed by atoms with Gasteiger partial charge in [0.15, 0.2) is 0 Å². The highest BCUT2D eigenvalue weighted by Crippen LogP contribution is 2.41. The molecule has 2 nitrogen and oxygen atoms in total. The van der Waals surface area contributed by atoms with Gasteiger partial charge in [0.25, 0.3) is 0 Å². The van der Waals surface area contributed by atoms with Gasteiger partial charge in [-0.15, -0.1) is 0 Å². The van der Waals surface area contributed by atoms with Crippen molar-refractivity contribution in [2.75, 3.05) is 13.2 Å². The van der Waals surface area contributed by atoms with E-state index < -0.39 is 0 Å². The smallest absolute Gasteiger partial charge is 0.0610 e. The SMILES string of the molecule is C[C@@H]1CO[C@@H]2CCC[C@@H](CO)[C@H]12. The number of aliphatic hydroxyl groups excluding tert-OH is 1. The molecule has 1 saturated carbocycles. The van der Waals surface area contributed by atoms with Crippen molar-refractivity contribution in [3.8, 4) is 0 Å². The van der Waals surface area contributed by atoms with E-state index in [1.54, 1.807) is 0 Å². The molecule has 1 heterocycles. The topological polar surface area (TPSA) is 29.5 Å². The fourth-order valence-electron chi connectivity index (χ4n) is 2.89. The van der Waals surface area contributed by atoms with E-state index in [1.165, 1.54) is 19.3 Å². The van der Waals surface area contributed by atoms with Crippen molar-refractivity contribution in [1.29, 1.82) is 0 Å². The molecule has 0 amide bonds. The normalized spacial score (nSPS) is 47.5. The van der Waals surface area contributed by atoms with Crippen molar-refractivity contribution >= 4 is 0 Å². The number of fused-ring (bicyclic) bond motifs is 1. The summed E-state index contributed by atoms with van der Waals surface area (Å²) in [5, 5.41) is 9.20. The first-order valence-electron chi connectivity index (χ1n) is 5.05. The summed E-state index contributed by atoms with van der Waals surface area (Å²) in [4.78, 5) is 0. The summed E-state index contributed by atoms with van der Waals surface area (Å²) in [6.07, 6.45) is 4.11. The zero-order chi connectivity index (χ0) is 8.55. The Balaban J connectivity index is 2.07. The first-order chi connectivity index (χ1) is 5.83. The standard InChI is InChI=1S/C10H18O2/c1-7-6-12-9-4-2-3-8(5-11)10(7)9/h7-11H,2-6H2,1H3/t7-,8+,9-,10+/m1/s1. The second-order valence-corrected chi connectivity index (χ2v) is 4.30. The van der Waals surface area contributed by atoms with Crippen molar-refractivity contribution < 1.29 is 9.84 Å². The van der Waals surface area contributed by atoms with Crippen LogP contribution in [0.2, 0.25) is 0 Å². The molecule has 12 heavy (non-hydrogen) atoms. The Morgan fingerprint density at radius 1 is 1.42 bits per heavy atom. The number of aliphatic hydroxyl groups is 1. The molecule has 4 atom stereocenters. The number of rotatable bonds is 1. The molecule has 0 unspecified atom stereocenters. The van der Waals surface area contributed by atoms with Crippen LogP contribution in [0, 0.1) is 17.8 Å². The van der Waals surface area contributed by atoms with Gasteiger partial charge in [-0.05, 0) is 30.6 Å². The highest BCUT2D eigenvalue weighted by molar-refractivity contribution is 4.89. The summed E-state index contributed by atoms with van der Waals surface area (Å²) in [6.45, 7) is 3.51. The van der Waals surface area contributed by atoms with Crippen LogP contribution in [0.4, 0.5) is 0 Å². The van der Waals surface area contributed by atoms with Gasteiger partial charge in [-0.1, -0.05) is 13.3 Å². The van der Waals surface area contributed by atoms with Gasteiger partial charge >= 0.3 is 0 Å². The van der Waals surface area contributed by atoms with Gasteiger partial charge < -0.3 is 9.84 Å². The van der Waals surface area contributed by atoms with Crippen LogP contribution in [0.15, 0.2) is 0 Å². The largest absolute Gasteiger partial charge is 0.396 e. The average molecular weight is 170 g/mol. The van der Waals surface area contributed by atoms with Gasteiger partial charge in [0, 0.05) is 13.2 Å². The summed E-state index contributed by atoms with van der Waals surface area (Å²) >= 11 is 0. The number of ether oxygens (including phenoxy) is 1. The highest BCUT2D eigenvalue weighted by atomic mass is 16.5. The Morgan fingerprint density at radius 2 is 2.25 bits per heavy atom. The Bertz CT molecular complexity index is 156. The van der Waals surface area contributed by atoms with Crippen LogP contribution in [0.5, 0.6) is 0 Å². The minimum absolute atomic E-state index is 0.356. The summed E-state index contributed by atoms with van der Waals surface area (Å²) in [7, 11) is 0. The minimum Gasteiger partial charge on any atom is -0.396 e. The lowest BCUT2D eigenvalue weighted by molar-refractivity contribution is 0.0256. The Morgan fingerprint density at radius 3 is 3.00 bits per heavy atom. The number of hydrogen-bond acceptors (Lipinski definition) is 2. The van der Waals surface area contributed by atoms with Crippen LogP contribution in [0.1, 0.15) is 26.2 Å². The van der Waals surface area contributed by atoms with Crippen molar-refractivity contribution in [3.05, 3.63) is 0 Å². The van der Waals surface area contributed by atoms with Crippen LogP contribution >= 0.6 is 0 Å². The molecule has 0 bridgehead atoms. The van der Waals surface area contributed by atoms with E-state index in [1.807, 2.05) is 0 Å². The van der Waals surface area contributed by atoms with Gasteiger partial charge in [0.2, 0.25) is 0 Å². The van der Waals surface area contributed by atoms with Crippen molar-refractivity contribution in [2.24, 2.45) is 17.8 Å². The molecule has 0 aromatic rings. The predicted molar refractivity (Wildman–Crippen MR) is 46.8 cm³/mol. The Labute approximate surface area is 73.9 Å². The van der Waals surface area contributed by atoms with Gasteiger partial charge in [-0.2, -0.15) is 0 Å². The summed E-state index contributed by atoms with van der Waals surface area (Å²) in [5.41, 5.74) is 0. The van der Waals surface area contributed by atoms with Gasteiger partial charge in [-0.25, -0.2) is 0 Å². The fraction of sp³-hybridized carbons (Fsp3) is 1.00. The third kappa shape index (κ3) is 1.27. The van der Waals surface area contributed by atoms with Crippen LogP contribution in [-0.2, 0) is 4.74 Å². The quantitative estimate of drug-likeness (QED) is 0.645. The van der Waals surface area contributed by atoms with E-state index in [9.17, 15) is 5.11 Å². The van der Waals surface area contributed by atoms with E-state index in [0.29, 0.717) is 30.5 Å². The van der Waals surface area contributed by atoms with Crippen LogP contribution < -0.4 is 0 Å². The molecule has 1 aliphatic carbocycles. The fourth-order valence-corrected chi connectivity index (χ4v) is 2.89. The Kier molecular flexibility index (Phi) is 2.37. The van der Waals surface area contributed by atoms with Crippen LogP contribution in [0.25, 0.3) is 0 Å². The lowest BCUT2D eigenvalue weighted by atomic mass is 9.73. The zero-order valence-corrected chi connectivity index (χ0v) is 7.70. The lowest BCUT2D eigenvalue weighted by Crippen LogP contribution is -2.33. The summed E-state index contributed by atoms with van der Waals surface area (Å²) < 4.78 is 5.69. The average Bonchev–Trinajstić information content (AvgIpc) is 2.48. The van der Waals surface area contributed by atoms with E-state index in [2.05, 4.69) is 6.92 Å². The molecule has 0 radical (unpaired) electrons. The van der Waals surface area contributed by atoms with Crippen molar-refractivity contribution in [3.63, 3.8) is 0 Å². The second kappa shape index (κ2) is 3.35. The van der Waals surface area contributed by atoms with Crippen molar-refractivity contribution in [2.45, 2.75) is 32.3 Å². The molecule has 1 saturated heterocycles. The summed E-state index contributed by atoms with van der Waals surface area (Å²) in [6, 6.07) is 0. The third-order valence-electron chi connectivity index (χ3n) is 3.50. The maximum absolute atomic E-state index is 9.20. The molecule has 0 spiro atoms. The molecule has 0 aromatic carbocycles. The molecule has 1 aliphatic heterocycles. The number of hydrogen-bond donors (Lipinski definition) is 1. The Hall–Kier alpha value is -0.0800. The zero-order valence-electron chi connectivity index (χ0n) is 7.70. The first kappa shape index (κ1) is 8.52. The van der Waals surface area contributed by atoms with Crippen LogP contribution in [-0.4, -0.2) is 24.4 Å². The van der Waals surface area contributed by atoms with Gasteiger partial charge in [-0.3, -0.25) is 0 Å². The molecular formula is C10H18O2. The van der Waals surface area contributed by atoms with Gasteiger partial charge in [0.05, 0.1) is 6.10 Å². The molecule has 1 N–H and O–H groups in total. The molecular weight excluding hydrogens is 152 g/mol. The van der Waals surface area contributed by atoms with Crippen LogP contribution in [0.3, 0.4) is 0 Å². The first-order valence-corrected chi connectivity index (χ1v) is 5.05. The molecule has 2 heteroatoms. The monoisotopic (exact) mass is 170 g/mol. The summed E-state index contributed by atoms with van der Waals surface area (Å²) in [5.74, 6) is 1.82. The minimum atomic E-state index is 0.356.